The van der Waals surface area contributed by atoms with Gasteiger partial charge < -0.3 is 4.74 Å². The van der Waals surface area contributed by atoms with E-state index in [1.54, 1.807) is 19.1 Å². The fourth-order valence-corrected chi connectivity index (χ4v) is 2.79. The van der Waals surface area contributed by atoms with Gasteiger partial charge >= 0.3 is 5.97 Å². The summed E-state index contributed by atoms with van der Waals surface area (Å²) >= 11 is 0. The highest BCUT2D eigenvalue weighted by Gasteiger charge is 2.32. The highest BCUT2D eigenvalue weighted by Crippen LogP contribution is 2.29. The number of ether oxygens (including phenoxy) is 1. The summed E-state index contributed by atoms with van der Waals surface area (Å²) in [6.45, 7) is 5.40. The molecular formula is C19H17NO4. The average Bonchev–Trinajstić information content (AvgIpc) is 2.58. The topological polar surface area (TPSA) is 63.7 Å². The maximum Gasteiger partial charge on any atom is 0.333 e. The maximum atomic E-state index is 12.6. The molecule has 1 aliphatic rings. The average molecular weight is 323 g/mol. The van der Waals surface area contributed by atoms with E-state index < -0.39 is 5.97 Å². The fourth-order valence-electron chi connectivity index (χ4n) is 2.79. The summed E-state index contributed by atoms with van der Waals surface area (Å²) in [7, 11) is 0. The number of esters is 1. The van der Waals surface area contributed by atoms with E-state index in [-0.39, 0.29) is 25.0 Å². The van der Waals surface area contributed by atoms with Gasteiger partial charge in [0.15, 0.2) is 0 Å². The number of imide groups is 1. The quantitative estimate of drug-likeness (QED) is 0.367. The van der Waals surface area contributed by atoms with Crippen LogP contribution in [0.25, 0.3) is 10.8 Å². The van der Waals surface area contributed by atoms with Crippen LogP contribution in [0, 0.1) is 0 Å². The van der Waals surface area contributed by atoms with Crippen molar-refractivity contribution in [1.82, 2.24) is 4.90 Å². The molecular weight excluding hydrogens is 306 g/mol. The first-order chi connectivity index (χ1) is 11.5. The molecule has 5 nitrogen and oxygen atoms in total. The molecule has 0 saturated carbocycles. The van der Waals surface area contributed by atoms with Gasteiger partial charge in [0, 0.05) is 28.6 Å². The van der Waals surface area contributed by atoms with Crippen LogP contribution in [0.3, 0.4) is 0 Å². The van der Waals surface area contributed by atoms with Gasteiger partial charge in [-0.15, -0.1) is 0 Å². The van der Waals surface area contributed by atoms with Crippen LogP contribution in [0.4, 0.5) is 0 Å². The van der Waals surface area contributed by atoms with Crippen molar-refractivity contribution in [3.8, 4) is 0 Å². The molecule has 2 amide bonds. The molecule has 0 saturated heterocycles. The molecule has 0 aliphatic carbocycles. The minimum Gasteiger partial charge on any atom is -0.462 e. The number of amides is 2. The summed E-state index contributed by atoms with van der Waals surface area (Å²) < 4.78 is 5.00. The minimum absolute atomic E-state index is 0.134. The maximum absolute atomic E-state index is 12.6. The third kappa shape index (κ3) is 2.69. The van der Waals surface area contributed by atoms with E-state index in [2.05, 4.69) is 6.58 Å². The molecule has 0 N–H and O–H groups in total. The zero-order valence-electron chi connectivity index (χ0n) is 13.4. The number of hydrogen-bond acceptors (Lipinski definition) is 4. The molecule has 2 aromatic rings. The summed E-state index contributed by atoms with van der Waals surface area (Å²) in [6, 6.07) is 10.8. The number of carbonyl (C=O) groups excluding carboxylic acids is 3. The normalized spacial score (nSPS) is 13.3. The SMILES string of the molecule is C=C(C)C(=O)OCCCN1C(=O)c2cccc3cccc(c23)C1=O. The second-order valence-corrected chi connectivity index (χ2v) is 5.74. The lowest BCUT2D eigenvalue weighted by Gasteiger charge is -2.27. The Morgan fingerprint density at radius 3 is 2.21 bits per heavy atom. The summed E-state index contributed by atoms with van der Waals surface area (Å²) in [5.41, 5.74) is 1.38. The van der Waals surface area contributed by atoms with Crippen molar-refractivity contribution in [3.63, 3.8) is 0 Å². The highest BCUT2D eigenvalue weighted by molar-refractivity contribution is 6.25. The van der Waals surface area contributed by atoms with E-state index in [1.807, 2.05) is 24.3 Å². The van der Waals surface area contributed by atoms with E-state index in [4.69, 9.17) is 4.74 Å². The van der Waals surface area contributed by atoms with Gasteiger partial charge in [0.25, 0.3) is 11.8 Å². The molecule has 1 aliphatic heterocycles. The van der Waals surface area contributed by atoms with Crippen LogP contribution in [0.2, 0.25) is 0 Å². The van der Waals surface area contributed by atoms with Crippen LogP contribution < -0.4 is 0 Å². The smallest absolute Gasteiger partial charge is 0.333 e. The minimum atomic E-state index is -0.471. The summed E-state index contributed by atoms with van der Waals surface area (Å²) in [6.07, 6.45) is 0.384. The molecule has 0 radical (unpaired) electrons. The Morgan fingerprint density at radius 2 is 1.67 bits per heavy atom. The van der Waals surface area contributed by atoms with Gasteiger partial charge in [-0.25, -0.2) is 4.79 Å². The second kappa shape index (κ2) is 6.28. The number of rotatable bonds is 5. The second-order valence-electron chi connectivity index (χ2n) is 5.74. The molecule has 5 heteroatoms. The van der Waals surface area contributed by atoms with Crippen LogP contribution in [0.5, 0.6) is 0 Å². The Balaban J connectivity index is 1.78. The van der Waals surface area contributed by atoms with Crippen LogP contribution in [0.1, 0.15) is 34.1 Å². The molecule has 0 spiro atoms. The highest BCUT2D eigenvalue weighted by atomic mass is 16.5. The Morgan fingerprint density at radius 1 is 1.08 bits per heavy atom. The van der Waals surface area contributed by atoms with Crippen molar-refractivity contribution in [2.24, 2.45) is 0 Å². The van der Waals surface area contributed by atoms with Crippen molar-refractivity contribution in [1.29, 1.82) is 0 Å². The lowest BCUT2D eigenvalue weighted by molar-refractivity contribution is -0.139. The van der Waals surface area contributed by atoms with Crippen molar-refractivity contribution in [2.45, 2.75) is 13.3 Å². The number of nitrogens with zero attached hydrogens (tertiary/aromatic N) is 1. The van der Waals surface area contributed by atoms with Crippen LogP contribution in [0.15, 0.2) is 48.6 Å². The summed E-state index contributed by atoms with van der Waals surface area (Å²) in [5.74, 6) is -1.09. The molecule has 0 atom stereocenters. The van der Waals surface area contributed by atoms with Crippen LogP contribution in [-0.4, -0.2) is 35.8 Å². The molecule has 24 heavy (non-hydrogen) atoms. The zero-order valence-corrected chi connectivity index (χ0v) is 13.4. The number of carbonyl (C=O) groups is 3. The number of benzene rings is 2. The van der Waals surface area contributed by atoms with Crippen LogP contribution in [-0.2, 0) is 9.53 Å². The van der Waals surface area contributed by atoms with Crippen LogP contribution >= 0.6 is 0 Å². The first kappa shape index (κ1) is 15.9. The first-order valence-corrected chi connectivity index (χ1v) is 7.71. The Bertz CT molecular complexity index is 818. The Kier molecular flexibility index (Phi) is 4.16. The van der Waals surface area contributed by atoms with E-state index in [0.717, 1.165) is 5.39 Å². The summed E-state index contributed by atoms with van der Waals surface area (Å²) in [4.78, 5) is 37.8. The van der Waals surface area contributed by atoms with Crippen molar-refractivity contribution >= 4 is 28.6 Å². The van der Waals surface area contributed by atoms with Crippen molar-refractivity contribution in [2.75, 3.05) is 13.2 Å². The molecule has 122 valence electrons. The monoisotopic (exact) mass is 323 g/mol. The molecule has 0 bridgehead atoms. The molecule has 0 aromatic heterocycles. The molecule has 0 unspecified atom stereocenters. The molecule has 3 rings (SSSR count). The van der Waals surface area contributed by atoms with Gasteiger partial charge in [-0.3, -0.25) is 14.5 Å². The third-order valence-electron chi connectivity index (χ3n) is 3.96. The van der Waals surface area contributed by atoms with E-state index >= 15 is 0 Å². The zero-order chi connectivity index (χ0) is 17.3. The predicted octanol–water partition coefficient (Wildman–Crippen LogP) is 2.95. The van der Waals surface area contributed by atoms with Gasteiger partial charge in [0.05, 0.1) is 6.61 Å². The van der Waals surface area contributed by atoms with Gasteiger partial charge in [-0.05, 0) is 30.9 Å². The lowest BCUT2D eigenvalue weighted by Crippen LogP contribution is -2.41. The molecule has 2 aromatic carbocycles. The third-order valence-corrected chi connectivity index (χ3v) is 3.96. The van der Waals surface area contributed by atoms with Gasteiger partial charge in [-0.1, -0.05) is 30.8 Å². The van der Waals surface area contributed by atoms with Gasteiger partial charge in [0.2, 0.25) is 0 Å². The van der Waals surface area contributed by atoms with Gasteiger partial charge in [0.1, 0.15) is 0 Å². The largest absolute Gasteiger partial charge is 0.462 e. The predicted molar refractivity (Wildman–Crippen MR) is 89.7 cm³/mol. The Labute approximate surface area is 139 Å². The fraction of sp³-hybridized carbons (Fsp3) is 0.211. The number of hydrogen-bond donors (Lipinski definition) is 0. The van der Waals surface area contributed by atoms with Gasteiger partial charge in [-0.2, -0.15) is 0 Å². The van der Waals surface area contributed by atoms with E-state index in [0.29, 0.717) is 28.5 Å². The van der Waals surface area contributed by atoms with Crippen molar-refractivity contribution < 1.29 is 19.1 Å². The summed E-state index contributed by atoms with van der Waals surface area (Å²) in [5, 5.41) is 1.58. The standard InChI is InChI=1S/C19H17NO4/c1-12(2)19(23)24-11-5-10-20-17(21)14-8-3-6-13-7-4-9-15(16(13)14)18(20)22/h3-4,6-9H,1,5,10-11H2,2H3. The first-order valence-electron chi connectivity index (χ1n) is 7.71. The van der Waals surface area contributed by atoms with E-state index in [1.165, 1.54) is 4.90 Å². The lowest BCUT2D eigenvalue weighted by atomic mass is 9.94. The van der Waals surface area contributed by atoms with Crippen molar-refractivity contribution in [3.05, 3.63) is 59.7 Å². The molecule has 1 heterocycles. The molecule has 0 fully saturated rings. The van der Waals surface area contributed by atoms with E-state index in [9.17, 15) is 14.4 Å². The Hall–Kier alpha value is -2.95.